The van der Waals surface area contributed by atoms with Gasteiger partial charge < -0.3 is 0 Å². The molecule has 0 nitrogen and oxygen atoms in total. The molecule has 0 aliphatic heterocycles. The molecule has 0 spiro atoms. The first-order valence-electron chi connectivity index (χ1n) is 14.0. The fourth-order valence-corrected chi connectivity index (χ4v) is 4.07. The molecule has 0 unspecified atom stereocenters. The molecule has 0 rings (SSSR count). The van der Waals surface area contributed by atoms with Gasteiger partial charge in [-0.2, -0.15) is 0 Å². The summed E-state index contributed by atoms with van der Waals surface area (Å²) in [5, 5.41) is 0. The van der Waals surface area contributed by atoms with Crippen LogP contribution in [0.5, 0.6) is 0 Å². The summed E-state index contributed by atoms with van der Waals surface area (Å²) in [5.41, 5.74) is 0. The fraction of sp³-hybridized carbons (Fsp3) is 0.742. The quantitative estimate of drug-likeness (QED) is 0.0770. The van der Waals surface area contributed by atoms with E-state index in [9.17, 15) is 0 Å². The summed E-state index contributed by atoms with van der Waals surface area (Å²) in [6.07, 6.45) is 46.0. The van der Waals surface area contributed by atoms with Gasteiger partial charge in [-0.1, -0.05) is 171 Å². The van der Waals surface area contributed by atoms with Crippen LogP contribution in [0.25, 0.3) is 0 Å². The zero-order valence-electron chi connectivity index (χ0n) is 21.3. The SMILES string of the molecule is C=CC/C=C/C=C/C=C/CCCCCCCCCCCCCCCCCCCCCC. The van der Waals surface area contributed by atoms with E-state index in [0.717, 1.165) is 6.42 Å². The van der Waals surface area contributed by atoms with Gasteiger partial charge in [0, 0.05) is 0 Å². The molecule has 0 aromatic heterocycles. The topological polar surface area (TPSA) is 0 Å². The molecule has 0 saturated carbocycles. The van der Waals surface area contributed by atoms with Gasteiger partial charge in [0.05, 0.1) is 0 Å². The first kappa shape index (κ1) is 30.0. The zero-order chi connectivity index (χ0) is 22.5. The lowest BCUT2D eigenvalue weighted by Gasteiger charge is -2.04. The summed E-state index contributed by atoms with van der Waals surface area (Å²) in [6, 6.07) is 0. The predicted molar refractivity (Wildman–Crippen MR) is 145 cm³/mol. The molecule has 0 aliphatic rings. The third-order valence-corrected chi connectivity index (χ3v) is 6.13. The van der Waals surface area contributed by atoms with Crippen molar-refractivity contribution >= 4 is 0 Å². The average Bonchev–Trinajstić information content (AvgIpc) is 2.78. The van der Waals surface area contributed by atoms with Crippen molar-refractivity contribution in [1.29, 1.82) is 0 Å². The first-order valence-corrected chi connectivity index (χ1v) is 14.0. The number of hydrogen-bond acceptors (Lipinski definition) is 0. The lowest BCUT2D eigenvalue weighted by Crippen LogP contribution is -1.84. The summed E-state index contributed by atoms with van der Waals surface area (Å²) in [7, 11) is 0. The van der Waals surface area contributed by atoms with E-state index in [4.69, 9.17) is 0 Å². The molecule has 0 heteroatoms. The van der Waals surface area contributed by atoms with Crippen LogP contribution in [-0.4, -0.2) is 0 Å². The Balaban J connectivity index is 3.11. The van der Waals surface area contributed by atoms with Crippen LogP contribution in [-0.2, 0) is 0 Å². The summed E-state index contributed by atoms with van der Waals surface area (Å²) in [5.74, 6) is 0. The third-order valence-electron chi connectivity index (χ3n) is 6.13. The Bertz CT molecular complexity index is 412. The predicted octanol–water partition coefficient (Wildman–Crippen LogP) is 11.4. The van der Waals surface area contributed by atoms with Crippen molar-refractivity contribution in [1.82, 2.24) is 0 Å². The Kier molecular flexibility index (Phi) is 28.0. The molecule has 180 valence electrons. The van der Waals surface area contributed by atoms with Crippen molar-refractivity contribution in [3.8, 4) is 0 Å². The Morgan fingerprint density at radius 1 is 0.419 bits per heavy atom. The Morgan fingerprint density at radius 3 is 1.16 bits per heavy atom. The highest BCUT2D eigenvalue weighted by Gasteiger charge is 1.95. The monoisotopic (exact) mass is 428 g/mol. The van der Waals surface area contributed by atoms with Crippen molar-refractivity contribution in [2.75, 3.05) is 0 Å². The normalized spacial score (nSPS) is 12.0. The standard InChI is InChI=1S/C31H56/c1-3-5-7-9-11-13-15-17-19-21-23-25-27-29-31-30-28-26-24-22-20-18-16-14-12-10-8-6-4-2/h3,7,9,11,13,15,17H,1,4-6,8,10,12,14,16,18-31H2,2H3/b9-7+,13-11+,17-15+. The fourth-order valence-electron chi connectivity index (χ4n) is 4.07. The van der Waals surface area contributed by atoms with Crippen LogP contribution in [0, 0.1) is 0 Å². The van der Waals surface area contributed by atoms with Crippen molar-refractivity contribution in [2.45, 2.75) is 148 Å². The Morgan fingerprint density at radius 2 is 0.774 bits per heavy atom. The minimum atomic E-state index is 0.952. The van der Waals surface area contributed by atoms with E-state index in [2.05, 4.69) is 50.0 Å². The van der Waals surface area contributed by atoms with E-state index in [1.165, 1.54) is 135 Å². The molecule has 0 aromatic carbocycles. The van der Waals surface area contributed by atoms with E-state index in [-0.39, 0.29) is 0 Å². The number of hydrogen-bond donors (Lipinski definition) is 0. The molecule has 0 saturated heterocycles. The Hall–Kier alpha value is -1.04. The molecule has 0 aliphatic carbocycles. The molecule has 0 bridgehead atoms. The highest BCUT2D eigenvalue weighted by atomic mass is 14.0. The first-order chi connectivity index (χ1) is 15.4. The van der Waals surface area contributed by atoms with Crippen LogP contribution in [0.2, 0.25) is 0 Å². The van der Waals surface area contributed by atoms with Gasteiger partial charge in [0.25, 0.3) is 0 Å². The largest absolute Gasteiger partial charge is 0.103 e. The average molecular weight is 429 g/mol. The molecule has 0 atom stereocenters. The number of unbranched alkanes of at least 4 members (excludes halogenated alkanes) is 20. The second kappa shape index (κ2) is 29.0. The lowest BCUT2D eigenvalue weighted by atomic mass is 10.0. The summed E-state index contributed by atoms with van der Waals surface area (Å²) in [6.45, 7) is 6.00. The number of allylic oxidation sites excluding steroid dienone is 7. The molecule has 0 amide bonds. The van der Waals surface area contributed by atoms with Gasteiger partial charge in [-0.25, -0.2) is 0 Å². The molecule has 0 heterocycles. The molecule has 31 heavy (non-hydrogen) atoms. The van der Waals surface area contributed by atoms with Crippen LogP contribution < -0.4 is 0 Å². The minimum Gasteiger partial charge on any atom is -0.103 e. The minimum absolute atomic E-state index is 0.952. The third kappa shape index (κ3) is 29.0. The van der Waals surface area contributed by atoms with Crippen molar-refractivity contribution in [2.24, 2.45) is 0 Å². The maximum absolute atomic E-state index is 3.70. The van der Waals surface area contributed by atoms with Gasteiger partial charge in [0.15, 0.2) is 0 Å². The molecule has 0 fully saturated rings. The molecular formula is C31H56. The van der Waals surface area contributed by atoms with Gasteiger partial charge in [-0.15, -0.1) is 6.58 Å². The lowest BCUT2D eigenvalue weighted by molar-refractivity contribution is 0.522. The highest BCUT2D eigenvalue weighted by Crippen LogP contribution is 2.15. The van der Waals surface area contributed by atoms with Gasteiger partial charge in [0.1, 0.15) is 0 Å². The van der Waals surface area contributed by atoms with Crippen molar-refractivity contribution < 1.29 is 0 Å². The van der Waals surface area contributed by atoms with Crippen LogP contribution >= 0.6 is 0 Å². The highest BCUT2D eigenvalue weighted by molar-refractivity contribution is 5.11. The van der Waals surface area contributed by atoms with E-state index >= 15 is 0 Å². The maximum Gasteiger partial charge on any atom is -0.0169 e. The molecule has 0 aromatic rings. The second-order valence-corrected chi connectivity index (χ2v) is 9.27. The smallest absolute Gasteiger partial charge is 0.0169 e. The van der Waals surface area contributed by atoms with Crippen LogP contribution in [0.15, 0.2) is 49.1 Å². The van der Waals surface area contributed by atoms with E-state index in [1.807, 2.05) is 6.08 Å². The summed E-state index contributed by atoms with van der Waals surface area (Å²) in [4.78, 5) is 0. The van der Waals surface area contributed by atoms with E-state index in [0.29, 0.717) is 0 Å². The zero-order valence-corrected chi connectivity index (χ0v) is 21.3. The number of rotatable bonds is 25. The van der Waals surface area contributed by atoms with Crippen molar-refractivity contribution in [3.05, 3.63) is 49.1 Å². The van der Waals surface area contributed by atoms with Crippen LogP contribution in [0.4, 0.5) is 0 Å². The van der Waals surface area contributed by atoms with Crippen molar-refractivity contribution in [3.63, 3.8) is 0 Å². The van der Waals surface area contributed by atoms with E-state index in [1.54, 1.807) is 0 Å². The second-order valence-electron chi connectivity index (χ2n) is 9.27. The van der Waals surface area contributed by atoms with Gasteiger partial charge >= 0.3 is 0 Å². The summed E-state index contributed by atoms with van der Waals surface area (Å²) < 4.78 is 0. The van der Waals surface area contributed by atoms with Gasteiger partial charge in [0.2, 0.25) is 0 Å². The maximum atomic E-state index is 3.70. The molecule has 0 radical (unpaired) electrons. The summed E-state index contributed by atoms with van der Waals surface area (Å²) >= 11 is 0. The molecule has 0 N–H and O–H groups in total. The van der Waals surface area contributed by atoms with Gasteiger partial charge in [-0.3, -0.25) is 0 Å². The van der Waals surface area contributed by atoms with Crippen LogP contribution in [0.3, 0.4) is 0 Å². The Labute approximate surface area is 197 Å². The van der Waals surface area contributed by atoms with E-state index < -0.39 is 0 Å². The van der Waals surface area contributed by atoms with Crippen LogP contribution in [0.1, 0.15) is 148 Å². The molecular weight excluding hydrogens is 372 g/mol. The van der Waals surface area contributed by atoms with Gasteiger partial charge in [-0.05, 0) is 19.3 Å².